The third kappa shape index (κ3) is 3.06. The van der Waals surface area contributed by atoms with Crippen LogP contribution in [0.25, 0.3) is 0 Å². The third-order valence-corrected chi connectivity index (χ3v) is 2.51. The fourth-order valence-electron chi connectivity index (χ4n) is 1.63. The number of benzene rings is 1. The van der Waals surface area contributed by atoms with Crippen molar-refractivity contribution >= 4 is 5.91 Å². The van der Waals surface area contributed by atoms with Crippen molar-refractivity contribution in [1.82, 2.24) is 5.32 Å². The number of carbonyl (C=O) groups excluding carboxylic acids is 1. The fraction of sp³-hybridized carbons (Fsp3) is 0.417. The van der Waals surface area contributed by atoms with Crippen LogP contribution in [-0.2, 0) is 11.2 Å². The molecule has 1 aromatic rings. The minimum Gasteiger partial charge on any atom is -0.368 e. The van der Waals surface area contributed by atoms with Gasteiger partial charge in [0.1, 0.15) is 0 Å². The molecule has 0 aliphatic heterocycles. The quantitative estimate of drug-likeness (QED) is 0.757. The van der Waals surface area contributed by atoms with Crippen molar-refractivity contribution in [2.24, 2.45) is 5.73 Å². The first-order valence-electron chi connectivity index (χ1n) is 5.17. The van der Waals surface area contributed by atoms with Crippen molar-refractivity contribution in [3.63, 3.8) is 0 Å². The van der Waals surface area contributed by atoms with E-state index in [4.69, 9.17) is 5.73 Å². The van der Waals surface area contributed by atoms with Crippen molar-refractivity contribution in [1.29, 1.82) is 0 Å². The normalized spacial score (nSPS) is 14.5. The Morgan fingerprint density at radius 2 is 2.00 bits per heavy atom. The van der Waals surface area contributed by atoms with Crippen molar-refractivity contribution in [2.45, 2.75) is 25.8 Å². The molecule has 1 unspecified atom stereocenters. The second kappa shape index (κ2) is 4.94. The zero-order valence-electron chi connectivity index (χ0n) is 9.29. The number of primary amides is 1. The Morgan fingerprint density at radius 1 is 1.40 bits per heavy atom. The molecular formula is C12H18N2O. The first-order chi connectivity index (χ1) is 7.08. The molecule has 3 heteroatoms. The molecule has 0 fully saturated rings. The number of amides is 1. The Hall–Kier alpha value is -1.35. The van der Waals surface area contributed by atoms with Gasteiger partial charge in [-0.3, -0.25) is 4.79 Å². The summed E-state index contributed by atoms with van der Waals surface area (Å²) in [5.41, 5.74) is 5.86. The molecule has 1 aromatic carbocycles. The molecule has 0 saturated carbocycles. The predicted molar refractivity (Wildman–Crippen MR) is 61.4 cm³/mol. The van der Waals surface area contributed by atoms with Gasteiger partial charge in [0, 0.05) is 0 Å². The molecule has 1 atom stereocenters. The molecule has 0 radical (unpaired) electrons. The average molecular weight is 206 g/mol. The van der Waals surface area contributed by atoms with Crippen molar-refractivity contribution in [2.75, 3.05) is 6.54 Å². The Labute approximate surface area is 90.7 Å². The second-order valence-corrected chi connectivity index (χ2v) is 3.89. The molecule has 0 aliphatic carbocycles. The zero-order valence-corrected chi connectivity index (χ0v) is 9.29. The number of rotatable bonds is 5. The lowest BCUT2D eigenvalue weighted by Crippen LogP contribution is -2.54. The first kappa shape index (κ1) is 11.7. The summed E-state index contributed by atoms with van der Waals surface area (Å²) in [5, 5.41) is 3.13. The smallest absolute Gasteiger partial charge is 0.237 e. The molecule has 0 aromatic heterocycles. The topological polar surface area (TPSA) is 55.1 Å². The van der Waals surface area contributed by atoms with E-state index >= 15 is 0 Å². The number of nitrogens with two attached hydrogens (primary N) is 1. The van der Waals surface area contributed by atoms with Crippen LogP contribution in [0.15, 0.2) is 30.3 Å². The SMILES string of the molecule is CCNC(C)(Cc1ccccc1)C(N)=O. The van der Waals surface area contributed by atoms with E-state index in [0.717, 1.165) is 12.1 Å². The molecule has 1 amide bonds. The molecule has 3 nitrogen and oxygen atoms in total. The van der Waals surface area contributed by atoms with Crippen LogP contribution in [0.3, 0.4) is 0 Å². The molecule has 15 heavy (non-hydrogen) atoms. The zero-order chi connectivity index (χ0) is 11.3. The van der Waals surface area contributed by atoms with E-state index in [9.17, 15) is 4.79 Å². The second-order valence-electron chi connectivity index (χ2n) is 3.89. The monoisotopic (exact) mass is 206 g/mol. The van der Waals surface area contributed by atoms with Gasteiger partial charge in [-0.2, -0.15) is 0 Å². The maximum atomic E-state index is 11.4. The molecule has 0 saturated heterocycles. The summed E-state index contributed by atoms with van der Waals surface area (Å²) in [7, 11) is 0. The summed E-state index contributed by atoms with van der Waals surface area (Å²) in [6.45, 7) is 4.53. The summed E-state index contributed by atoms with van der Waals surface area (Å²) >= 11 is 0. The summed E-state index contributed by atoms with van der Waals surface area (Å²) in [5.74, 6) is -0.312. The standard InChI is InChI=1S/C12H18N2O/c1-3-14-12(2,11(13)15)9-10-7-5-4-6-8-10/h4-8,14H,3,9H2,1-2H3,(H2,13,15). The highest BCUT2D eigenvalue weighted by atomic mass is 16.1. The fourth-order valence-corrected chi connectivity index (χ4v) is 1.63. The average Bonchev–Trinajstić information content (AvgIpc) is 2.19. The van der Waals surface area contributed by atoms with Gasteiger partial charge in [0.15, 0.2) is 0 Å². The van der Waals surface area contributed by atoms with Gasteiger partial charge in [0.25, 0.3) is 0 Å². The predicted octanol–water partition coefficient (Wildman–Crippen LogP) is 1.08. The molecule has 3 N–H and O–H groups in total. The maximum absolute atomic E-state index is 11.4. The first-order valence-corrected chi connectivity index (χ1v) is 5.17. The largest absolute Gasteiger partial charge is 0.368 e. The van der Waals surface area contributed by atoms with Crippen LogP contribution in [0.1, 0.15) is 19.4 Å². The highest BCUT2D eigenvalue weighted by Gasteiger charge is 2.29. The van der Waals surface area contributed by atoms with Gasteiger partial charge in [0.2, 0.25) is 5.91 Å². The lowest BCUT2D eigenvalue weighted by Gasteiger charge is -2.27. The van der Waals surface area contributed by atoms with Crippen LogP contribution in [0.2, 0.25) is 0 Å². The van der Waals surface area contributed by atoms with Gasteiger partial charge in [-0.25, -0.2) is 0 Å². The maximum Gasteiger partial charge on any atom is 0.237 e. The van der Waals surface area contributed by atoms with Crippen molar-refractivity contribution < 1.29 is 4.79 Å². The molecule has 0 heterocycles. The molecule has 0 bridgehead atoms. The van der Waals surface area contributed by atoms with Crippen LogP contribution in [0.4, 0.5) is 0 Å². The van der Waals surface area contributed by atoms with E-state index in [-0.39, 0.29) is 5.91 Å². The minimum absolute atomic E-state index is 0.312. The number of nitrogens with one attached hydrogen (secondary N) is 1. The van der Waals surface area contributed by atoms with Crippen LogP contribution in [-0.4, -0.2) is 18.0 Å². The van der Waals surface area contributed by atoms with E-state index in [1.165, 1.54) is 0 Å². The number of hydrogen-bond donors (Lipinski definition) is 2. The van der Waals surface area contributed by atoms with Gasteiger partial charge in [-0.15, -0.1) is 0 Å². The summed E-state index contributed by atoms with van der Waals surface area (Å²) < 4.78 is 0. The Bertz CT molecular complexity index is 324. The molecule has 0 spiro atoms. The highest BCUT2D eigenvalue weighted by Crippen LogP contribution is 2.12. The van der Waals surface area contributed by atoms with Gasteiger partial charge >= 0.3 is 0 Å². The van der Waals surface area contributed by atoms with Crippen LogP contribution >= 0.6 is 0 Å². The summed E-state index contributed by atoms with van der Waals surface area (Å²) in [6, 6.07) is 9.88. The van der Waals surface area contributed by atoms with Gasteiger partial charge in [0.05, 0.1) is 5.54 Å². The Kier molecular flexibility index (Phi) is 3.86. The number of carbonyl (C=O) groups is 1. The number of hydrogen-bond acceptors (Lipinski definition) is 2. The third-order valence-electron chi connectivity index (χ3n) is 2.51. The minimum atomic E-state index is -0.657. The van der Waals surface area contributed by atoms with Crippen molar-refractivity contribution in [3.8, 4) is 0 Å². The van der Waals surface area contributed by atoms with E-state index in [0.29, 0.717) is 6.42 Å². The van der Waals surface area contributed by atoms with Crippen LogP contribution in [0, 0.1) is 0 Å². The van der Waals surface area contributed by atoms with Crippen LogP contribution < -0.4 is 11.1 Å². The molecule has 1 rings (SSSR count). The van der Waals surface area contributed by atoms with E-state index in [1.807, 2.05) is 44.2 Å². The lowest BCUT2D eigenvalue weighted by atomic mass is 9.92. The van der Waals surface area contributed by atoms with E-state index in [2.05, 4.69) is 5.32 Å². The van der Waals surface area contributed by atoms with Gasteiger partial charge < -0.3 is 11.1 Å². The van der Waals surface area contributed by atoms with Gasteiger partial charge in [-0.05, 0) is 25.5 Å². The molecule has 0 aliphatic rings. The lowest BCUT2D eigenvalue weighted by molar-refractivity contribution is -0.123. The van der Waals surface area contributed by atoms with Crippen LogP contribution in [0.5, 0.6) is 0 Å². The highest BCUT2D eigenvalue weighted by molar-refractivity contribution is 5.84. The van der Waals surface area contributed by atoms with E-state index in [1.54, 1.807) is 0 Å². The molecular weight excluding hydrogens is 188 g/mol. The molecule has 82 valence electrons. The van der Waals surface area contributed by atoms with E-state index < -0.39 is 5.54 Å². The Balaban J connectivity index is 2.80. The van der Waals surface area contributed by atoms with Crippen molar-refractivity contribution in [3.05, 3.63) is 35.9 Å². The summed E-state index contributed by atoms with van der Waals surface area (Å²) in [6.07, 6.45) is 0.622. The Morgan fingerprint density at radius 3 is 2.47 bits per heavy atom. The number of likely N-dealkylation sites (N-methyl/N-ethyl adjacent to an activating group) is 1. The van der Waals surface area contributed by atoms with Gasteiger partial charge in [-0.1, -0.05) is 37.3 Å². The summed E-state index contributed by atoms with van der Waals surface area (Å²) in [4.78, 5) is 11.4.